The largest absolute Gasteiger partial charge is 0.381 e. The van der Waals surface area contributed by atoms with Crippen LogP contribution in [0.3, 0.4) is 0 Å². The van der Waals surface area contributed by atoms with Crippen LogP contribution in [0.5, 0.6) is 0 Å². The van der Waals surface area contributed by atoms with E-state index >= 15 is 0 Å². The summed E-state index contributed by atoms with van der Waals surface area (Å²) in [5, 5.41) is 3.99. The average molecular weight is 251 g/mol. The van der Waals surface area contributed by atoms with Crippen LogP contribution in [0, 0.1) is 16.7 Å². The van der Waals surface area contributed by atoms with Crippen molar-refractivity contribution in [2.75, 3.05) is 7.11 Å². The van der Waals surface area contributed by atoms with Gasteiger partial charge in [0.25, 0.3) is 0 Å². The SMILES string of the molecule is COC1CCC(NC2CC3CCC2(C)C3(C)C)C1. The van der Waals surface area contributed by atoms with Gasteiger partial charge in [-0.1, -0.05) is 20.8 Å². The molecule has 0 aromatic carbocycles. The van der Waals surface area contributed by atoms with E-state index in [2.05, 4.69) is 26.1 Å². The Morgan fingerprint density at radius 1 is 1.06 bits per heavy atom. The number of fused-ring (bicyclic) bond motifs is 2. The average Bonchev–Trinajstić information content (AvgIpc) is 2.92. The van der Waals surface area contributed by atoms with E-state index in [1.54, 1.807) is 0 Å². The summed E-state index contributed by atoms with van der Waals surface area (Å²) in [5.74, 6) is 0.944. The number of hydrogen-bond acceptors (Lipinski definition) is 2. The van der Waals surface area contributed by atoms with E-state index in [1.165, 1.54) is 38.5 Å². The fourth-order valence-electron chi connectivity index (χ4n) is 5.05. The van der Waals surface area contributed by atoms with Crippen LogP contribution < -0.4 is 5.32 Å². The predicted molar refractivity (Wildman–Crippen MR) is 74.6 cm³/mol. The van der Waals surface area contributed by atoms with Gasteiger partial charge >= 0.3 is 0 Å². The van der Waals surface area contributed by atoms with Crippen molar-refractivity contribution in [2.45, 2.75) is 77.5 Å². The molecule has 2 bridgehead atoms. The van der Waals surface area contributed by atoms with Crippen LogP contribution in [-0.4, -0.2) is 25.3 Å². The zero-order valence-corrected chi connectivity index (χ0v) is 12.5. The van der Waals surface area contributed by atoms with Gasteiger partial charge in [-0.05, 0) is 55.3 Å². The molecule has 2 heteroatoms. The number of methoxy groups -OCH3 is 1. The van der Waals surface area contributed by atoms with Crippen molar-refractivity contribution in [3.05, 3.63) is 0 Å². The highest BCUT2D eigenvalue weighted by Crippen LogP contribution is 2.65. The summed E-state index contributed by atoms with van der Waals surface area (Å²) < 4.78 is 5.49. The first kappa shape index (κ1) is 12.9. The zero-order chi connectivity index (χ0) is 13.0. The summed E-state index contributed by atoms with van der Waals surface area (Å²) >= 11 is 0. The molecule has 0 heterocycles. The Hall–Kier alpha value is -0.0800. The summed E-state index contributed by atoms with van der Waals surface area (Å²) in [7, 11) is 1.86. The molecule has 0 saturated heterocycles. The third kappa shape index (κ3) is 1.68. The topological polar surface area (TPSA) is 21.3 Å². The van der Waals surface area contributed by atoms with Crippen molar-refractivity contribution in [2.24, 2.45) is 16.7 Å². The molecule has 2 nitrogen and oxygen atoms in total. The summed E-state index contributed by atoms with van der Waals surface area (Å²) in [5.41, 5.74) is 1.05. The smallest absolute Gasteiger partial charge is 0.0586 e. The normalized spacial score (nSPS) is 50.0. The van der Waals surface area contributed by atoms with Crippen LogP contribution in [0.4, 0.5) is 0 Å². The molecule has 18 heavy (non-hydrogen) atoms. The van der Waals surface area contributed by atoms with E-state index < -0.39 is 0 Å². The lowest BCUT2D eigenvalue weighted by atomic mass is 9.69. The van der Waals surface area contributed by atoms with Crippen molar-refractivity contribution < 1.29 is 4.74 Å². The highest BCUT2D eigenvalue weighted by atomic mass is 16.5. The van der Waals surface area contributed by atoms with Gasteiger partial charge in [0.15, 0.2) is 0 Å². The van der Waals surface area contributed by atoms with Gasteiger partial charge < -0.3 is 10.1 Å². The maximum Gasteiger partial charge on any atom is 0.0586 e. The van der Waals surface area contributed by atoms with Crippen molar-refractivity contribution in [3.8, 4) is 0 Å². The lowest BCUT2D eigenvalue weighted by molar-refractivity contribution is 0.0982. The Kier molecular flexibility index (Phi) is 3.02. The molecular weight excluding hydrogens is 222 g/mol. The molecule has 0 spiro atoms. The van der Waals surface area contributed by atoms with Gasteiger partial charge in [-0.15, -0.1) is 0 Å². The van der Waals surface area contributed by atoms with E-state index in [0.29, 0.717) is 23.0 Å². The molecule has 3 aliphatic carbocycles. The molecule has 0 radical (unpaired) electrons. The van der Waals surface area contributed by atoms with Gasteiger partial charge in [-0.25, -0.2) is 0 Å². The monoisotopic (exact) mass is 251 g/mol. The van der Waals surface area contributed by atoms with Gasteiger partial charge in [0.05, 0.1) is 6.10 Å². The molecule has 3 aliphatic rings. The minimum absolute atomic E-state index is 0.502. The Balaban J connectivity index is 1.66. The van der Waals surface area contributed by atoms with E-state index in [0.717, 1.165) is 12.0 Å². The molecule has 0 aromatic heterocycles. The lowest BCUT2D eigenvalue weighted by Crippen LogP contribution is -2.48. The molecule has 0 aromatic rings. The second kappa shape index (κ2) is 4.21. The molecule has 5 atom stereocenters. The van der Waals surface area contributed by atoms with Crippen molar-refractivity contribution >= 4 is 0 Å². The van der Waals surface area contributed by atoms with E-state index in [-0.39, 0.29) is 0 Å². The first-order chi connectivity index (χ1) is 8.47. The summed E-state index contributed by atoms with van der Waals surface area (Å²) in [4.78, 5) is 0. The molecule has 1 N–H and O–H groups in total. The van der Waals surface area contributed by atoms with Crippen LogP contribution in [0.25, 0.3) is 0 Å². The molecule has 3 fully saturated rings. The standard InChI is InChI=1S/C16H29NO/c1-15(2)11-7-8-16(15,3)14(9-11)17-12-5-6-13(10-12)18-4/h11-14,17H,5-10H2,1-4H3. The minimum Gasteiger partial charge on any atom is -0.381 e. The van der Waals surface area contributed by atoms with Crippen LogP contribution in [0.2, 0.25) is 0 Å². The van der Waals surface area contributed by atoms with Gasteiger partial charge in [0.2, 0.25) is 0 Å². The Morgan fingerprint density at radius 2 is 1.83 bits per heavy atom. The summed E-state index contributed by atoms with van der Waals surface area (Å²) in [6.07, 6.45) is 8.53. The Morgan fingerprint density at radius 3 is 2.33 bits per heavy atom. The minimum atomic E-state index is 0.502. The zero-order valence-electron chi connectivity index (χ0n) is 12.5. The number of rotatable bonds is 3. The molecule has 104 valence electrons. The predicted octanol–water partition coefficient (Wildman–Crippen LogP) is 3.36. The van der Waals surface area contributed by atoms with Crippen LogP contribution in [0.15, 0.2) is 0 Å². The van der Waals surface area contributed by atoms with Gasteiger partial charge in [0.1, 0.15) is 0 Å². The van der Waals surface area contributed by atoms with Crippen molar-refractivity contribution in [3.63, 3.8) is 0 Å². The number of hydrogen-bond donors (Lipinski definition) is 1. The van der Waals surface area contributed by atoms with E-state index in [9.17, 15) is 0 Å². The Bertz CT molecular complexity index is 327. The molecular formula is C16H29NO. The van der Waals surface area contributed by atoms with Gasteiger partial charge in [-0.3, -0.25) is 0 Å². The quantitative estimate of drug-likeness (QED) is 0.830. The maximum absolute atomic E-state index is 5.49. The Labute approximate surface area is 112 Å². The maximum atomic E-state index is 5.49. The van der Waals surface area contributed by atoms with E-state index in [1.807, 2.05) is 7.11 Å². The highest BCUT2D eigenvalue weighted by molar-refractivity contribution is 5.13. The third-order valence-electron chi connectivity index (χ3n) is 6.95. The van der Waals surface area contributed by atoms with Crippen molar-refractivity contribution in [1.82, 2.24) is 5.32 Å². The molecule has 5 unspecified atom stereocenters. The van der Waals surface area contributed by atoms with Crippen LogP contribution in [0.1, 0.15) is 59.3 Å². The number of ether oxygens (including phenoxy) is 1. The molecule has 0 aliphatic heterocycles. The van der Waals surface area contributed by atoms with Crippen LogP contribution >= 0.6 is 0 Å². The third-order valence-corrected chi connectivity index (χ3v) is 6.95. The first-order valence-corrected chi connectivity index (χ1v) is 7.76. The number of nitrogens with one attached hydrogen (secondary N) is 1. The second-order valence-corrected chi connectivity index (χ2v) is 7.70. The summed E-state index contributed by atoms with van der Waals surface area (Å²) in [6, 6.07) is 1.44. The lowest BCUT2D eigenvalue weighted by Gasteiger charge is -2.40. The fourth-order valence-corrected chi connectivity index (χ4v) is 5.05. The summed E-state index contributed by atoms with van der Waals surface area (Å²) in [6.45, 7) is 7.53. The van der Waals surface area contributed by atoms with Crippen LogP contribution in [-0.2, 0) is 4.74 Å². The molecule has 3 saturated carbocycles. The molecule has 0 amide bonds. The first-order valence-electron chi connectivity index (χ1n) is 7.76. The highest BCUT2D eigenvalue weighted by Gasteiger charge is 2.61. The second-order valence-electron chi connectivity index (χ2n) is 7.70. The van der Waals surface area contributed by atoms with E-state index in [4.69, 9.17) is 4.74 Å². The van der Waals surface area contributed by atoms with Crippen molar-refractivity contribution in [1.29, 1.82) is 0 Å². The van der Waals surface area contributed by atoms with Gasteiger partial charge in [-0.2, -0.15) is 0 Å². The molecule has 3 rings (SSSR count). The fraction of sp³-hybridized carbons (Fsp3) is 1.00. The van der Waals surface area contributed by atoms with Gasteiger partial charge in [0, 0.05) is 19.2 Å².